The van der Waals surface area contributed by atoms with E-state index in [2.05, 4.69) is 5.32 Å². The monoisotopic (exact) mass is 353 g/mol. The first-order valence-corrected chi connectivity index (χ1v) is 7.14. The maximum Gasteiger partial charge on any atom is 0.416 e. The number of alkyl halides is 3. The van der Waals surface area contributed by atoms with E-state index in [1.807, 2.05) is 0 Å². The molecule has 0 radical (unpaired) electrons. The highest BCUT2D eigenvalue weighted by molar-refractivity contribution is 5.81. The third-order valence-corrected chi connectivity index (χ3v) is 3.27. The van der Waals surface area contributed by atoms with E-state index >= 15 is 0 Å². The summed E-state index contributed by atoms with van der Waals surface area (Å²) in [6, 6.07) is 10.7. The van der Waals surface area contributed by atoms with Crippen molar-refractivity contribution < 1.29 is 32.6 Å². The molecule has 1 atom stereocenters. The van der Waals surface area contributed by atoms with Crippen LogP contribution in [0.4, 0.5) is 18.0 Å². The highest BCUT2D eigenvalue weighted by Crippen LogP contribution is 2.30. The number of hydrogen-bond acceptors (Lipinski definition) is 3. The van der Waals surface area contributed by atoms with Crippen molar-refractivity contribution in [1.82, 2.24) is 5.32 Å². The fourth-order valence-electron chi connectivity index (χ4n) is 2.06. The fraction of sp³-hybridized carbons (Fsp3) is 0.176. The molecule has 0 saturated carbocycles. The van der Waals surface area contributed by atoms with Gasteiger partial charge in [-0.15, -0.1) is 0 Å². The van der Waals surface area contributed by atoms with E-state index in [-0.39, 0.29) is 12.2 Å². The molecular weight excluding hydrogens is 339 g/mol. The van der Waals surface area contributed by atoms with Gasteiger partial charge < -0.3 is 15.2 Å². The number of carbonyl (C=O) groups excluding carboxylic acids is 1. The number of aliphatic carboxylic acids is 1. The first kappa shape index (κ1) is 18.3. The Morgan fingerprint density at radius 1 is 1.08 bits per heavy atom. The molecule has 0 spiro atoms. The zero-order valence-electron chi connectivity index (χ0n) is 12.8. The maximum atomic E-state index is 12.7. The Hall–Kier alpha value is -3.03. The molecule has 0 aliphatic rings. The average Bonchev–Trinajstić information content (AvgIpc) is 2.58. The number of ether oxygens (including phenoxy) is 1. The van der Waals surface area contributed by atoms with Gasteiger partial charge in [0.1, 0.15) is 6.61 Å². The lowest BCUT2D eigenvalue weighted by Gasteiger charge is -2.16. The van der Waals surface area contributed by atoms with Gasteiger partial charge >= 0.3 is 18.2 Å². The molecule has 2 aromatic rings. The Bertz CT molecular complexity index is 747. The molecule has 8 heteroatoms. The van der Waals surface area contributed by atoms with Crippen LogP contribution in [0.5, 0.6) is 0 Å². The summed E-state index contributed by atoms with van der Waals surface area (Å²) >= 11 is 0. The van der Waals surface area contributed by atoms with Gasteiger partial charge in [0.2, 0.25) is 0 Å². The summed E-state index contributed by atoms with van der Waals surface area (Å²) < 4.78 is 43.1. The van der Waals surface area contributed by atoms with Gasteiger partial charge in [-0.1, -0.05) is 42.5 Å². The van der Waals surface area contributed by atoms with Gasteiger partial charge in [0.15, 0.2) is 6.04 Å². The Morgan fingerprint density at radius 2 is 1.76 bits per heavy atom. The molecule has 1 amide bonds. The molecule has 25 heavy (non-hydrogen) atoms. The molecule has 0 fully saturated rings. The van der Waals surface area contributed by atoms with Crippen LogP contribution in [0.1, 0.15) is 22.7 Å². The molecule has 2 rings (SSSR count). The Kier molecular flexibility index (Phi) is 5.63. The number of alkyl carbamates (subject to hydrolysis) is 1. The number of halogens is 3. The van der Waals surface area contributed by atoms with E-state index in [0.717, 1.165) is 12.1 Å². The fourth-order valence-corrected chi connectivity index (χ4v) is 2.06. The molecule has 2 aromatic carbocycles. The summed E-state index contributed by atoms with van der Waals surface area (Å²) in [5.74, 6) is -1.50. The van der Waals surface area contributed by atoms with Crippen molar-refractivity contribution in [2.75, 3.05) is 0 Å². The minimum absolute atomic E-state index is 0.0956. The smallest absolute Gasteiger partial charge is 0.416 e. The van der Waals surface area contributed by atoms with Crippen LogP contribution in [0.25, 0.3) is 0 Å². The van der Waals surface area contributed by atoms with Crippen molar-refractivity contribution in [3.63, 3.8) is 0 Å². The van der Waals surface area contributed by atoms with Gasteiger partial charge in [-0.25, -0.2) is 9.59 Å². The van der Waals surface area contributed by atoms with E-state index in [1.165, 1.54) is 6.07 Å². The van der Waals surface area contributed by atoms with Crippen LogP contribution in [0, 0.1) is 0 Å². The summed E-state index contributed by atoms with van der Waals surface area (Å²) in [4.78, 5) is 23.1. The van der Waals surface area contributed by atoms with Crippen molar-refractivity contribution >= 4 is 12.1 Å². The molecule has 132 valence electrons. The van der Waals surface area contributed by atoms with E-state index in [0.29, 0.717) is 11.6 Å². The molecule has 0 aliphatic carbocycles. The zero-order valence-corrected chi connectivity index (χ0v) is 12.8. The van der Waals surface area contributed by atoms with Crippen molar-refractivity contribution in [3.05, 3.63) is 71.3 Å². The van der Waals surface area contributed by atoms with Gasteiger partial charge in [-0.2, -0.15) is 13.2 Å². The lowest BCUT2D eigenvalue weighted by Crippen LogP contribution is -2.34. The normalized spacial score (nSPS) is 12.3. The van der Waals surface area contributed by atoms with Crippen LogP contribution < -0.4 is 5.32 Å². The summed E-state index contributed by atoms with van der Waals surface area (Å²) in [6.45, 7) is -0.0956. The van der Waals surface area contributed by atoms with Crippen molar-refractivity contribution in [3.8, 4) is 0 Å². The number of benzene rings is 2. The first-order valence-electron chi connectivity index (χ1n) is 7.14. The lowest BCUT2D eigenvalue weighted by molar-refractivity contribution is -0.140. The number of carbonyl (C=O) groups is 2. The van der Waals surface area contributed by atoms with E-state index < -0.39 is 29.8 Å². The second-order valence-electron chi connectivity index (χ2n) is 5.10. The quantitative estimate of drug-likeness (QED) is 0.858. The summed E-state index contributed by atoms with van der Waals surface area (Å²) in [5.41, 5.74) is -0.529. The van der Waals surface area contributed by atoms with Gasteiger partial charge in [0.25, 0.3) is 0 Å². The van der Waals surface area contributed by atoms with Crippen LogP contribution in [0.15, 0.2) is 54.6 Å². The SMILES string of the molecule is O=C(NC(C(=O)O)c1cccc(C(F)(F)F)c1)OCc1ccccc1. The highest BCUT2D eigenvalue weighted by atomic mass is 19.4. The van der Waals surface area contributed by atoms with Crippen LogP contribution in [0.2, 0.25) is 0 Å². The first-order chi connectivity index (χ1) is 11.8. The molecule has 5 nitrogen and oxygen atoms in total. The van der Waals surface area contributed by atoms with Crippen LogP contribution in [0.3, 0.4) is 0 Å². The Balaban J connectivity index is 2.08. The third kappa shape index (κ3) is 5.23. The van der Waals surface area contributed by atoms with Crippen LogP contribution in [-0.2, 0) is 22.3 Å². The van der Waals surface area contributed by atoms with E-state index in [4.69, 9.17) is 4.74 Å². The number of nitrogens with one attached hydrogen (secondary N) is 1. The van der Waals surface area contributed by atoms with Crippen LogP contribution in [-0.4, -0.2) is 17.2 Å². The topological polar surface area (TPSA) is 75.6 Å². The molecule has 0 saturated heterocycles. The number of rotatable bonds is 5. The molecule has 0 aliphatic heterocycles. The van der Waals surface area contributed by atoms with E-state index in [1.54, 1.807) is 30.3 Å². The summed E-state index contributed by atoms with van der Waals surface area (Å²) in [5, 5.41) is 11.3. The number of carboxylic acid groups (broad SMARTS) is 1. The van der Waals surface area contributed by atoms with Gasteiger partial charge in [0, 0.05) is 0 Å². The third-order valence-electron chi connectivity index (χ3n) is 3.27. The maximum absolute atomic E-state index is 12.7. The van der Waals surface area contributed by atoms with Gasteiger partial charge in [-0.05, 0) is 23.3 Å². The standard InChI is InChI=1S/C17H14F3NO4/c18-17(19,20)13-8-4-7-12(9-13)14(15(22)23)21-16(24)25-10-11-5-2-1-3-6-11/h1-9,14H,10H2,(H,21,24)(H,22,23). The lowest BCUT2D eigenvalue weighted by atomic mass is 10.0. The Morgan fingerprint density at radius 3 is 2.36 bits per heavy atom. The predicted molar refractivity (Wildman–Crippen MR) is 81.6 cm³/mol. The molecule has 2 N–H and O–H groups in total. The van der Waals surface area contributed by atoms with Crippen molar-refractivity contribution in [2.45, 2.75) is 18.8 Å². The molecule has 0 aromatic heterocycles. The number of amides is 1. The minimum Gasteiger partial charge on any atom is -0.479 e. The summed E-state index contributed by atoms with van der Waals surface area (Å²) in [6.07, 6.45) is -5.67. The number of hydrogen-bond donors (Lipinski definition) is 2. The molecule has 0 heterocycles. The predicted octanol–water partition coefficient (Wildman–Crippen LogP) is 3.76. The number of carboxylic acids is 1. The Labute approximate surface area is 141 Å². The highest BCUT2D eigenvalue weighted by Gasteiger charge is 2.32. The van der Waals surface area contributed by atoms with Gasteiger partial charge in [0.05, 0.1) is 5.56 Å². The second kappa shape index (κ2) is 7.69. The van der Waals surface area contributed by atoms with Crippen molar-refractivity contribution in [1.29, 1.82) is 0 Å². The average molecular weight is 353 g/mol. The van der Waals surface area contributed by atoms with E-state index in [9.17, 15) is 27.9 Å². The summed E-state index contributed by atoms with van der Waals surface area (Å²) in [7, 11) is 0. The van der Waals surface area contributed by atoms with Crippen LogP contribution >= 0.6 is 0 Å². The largest absolute Gasteiger partial charge is 0.479 e. The minimum atomic E-state index is -4.62. The second-order valence-corrected chi connectivity index (χ2v) is 5.10. The van der Waals surface area contributed by atoms with Crippen molar-refractivity contribution in [2.24, 2.45) is 0 Å². The zero-order chi connectivity index (χ0) is 18.4. The molecule has 1 unspecified atom stereocenters. The molecular formula is C17H14F3NO4. The van der Waals surface area contributed by atoms with Gasteiger partial charge in [-0.3, -0.25) is 0 Å². The molecule has 0 bridgehead atoms.